The van der Waals surface area contributed by atoms with Crippen molar-refractivity contribution >= 4 is 5.91 Å². The van der Waals surface area contributed by atoms with Crippen LogP contribution in [0.4, 0.5) is 0 Å². The Morgan fingerprint density at radius 2 is 2.11 bits per heavy atom. The summed E-state index contributed by atoms with van der Waals surface area (Å²) in [6, 6.07) is 4.93. The minimum Gasteiger partial charge on any atom is -0.507 e. The summed E-state index contributed by atoms with van der Waals surface area (Å²) in [4.78, 5) is 12.2. The number of phenols is 1. The van der Waals surface area contributed by atoms with Gasteiger partial charge >= 0.3 is 0 Å². The average molecular weight is 265 g/mol. The number of hydrogen-bond donors (Lipinski definition) is 2. The first-order valence-corrected chi connectivity index (χ1v) is 6.64. The van der Waals surface area contributed by atoms with E-state index in [9.17, 15) is 9.90 Å². The quantitative estimate of drug-likeness (QED) is 0.830. The van der Waals surface area contributed by atoms with Crippen molar-refractivity contribution in [1.82, 2.24) is 5.32 Å². The molecule has 106 valence electrons. The molecule has 0 saturated heterocycles. The topological polar surface area (TPSA) is 58.6 Å². The van der Waals surface area contributed by atoms with Crippen LogP contribution < -0.4 is 5.32 Å². The summed E-state index contributed by atoms with van der Waals surface area (Å²) >= 11 is 0. The van der Waals surface area contributed by atoms with Crippen LogP contribution in [0.1, 0.15) is 36.7 Å². The van der Waals surface area contributed by atoms with Crippen LogP contribution in [0.15, 0.2) is 18.2 Å². The van der Waals surface area contributed by atoms with Gasteiger partial charge in [-0.25, -0.2) is 0 Å². The van der Waals surface area contributed by atoms with Crippen LogP contribution in [-0.2, 0) is 4.74 Å². The van der Waals surface area contributed by atoms with Gasteiger partial charge in [0.1, 0.15) is 5.75 Å². The molecule has 2 N–H and O–H groups in total. The van der Waals surface area contributed by atoms with E-state index in [-0.39, 0.29) is 23.6 Å². The van der Waals surface area contributed by atoms with Crippen LogP contribution in [-0.4, -0.2) is 30.3 Å². The molecule has 0 bridgehead atoms. The Bertz CT molecular complexity index is 429. The van der Waals surface area contributed by atoms with E-state index < -0.39 is 0 Å². The van der Waals surface area contributed by atoms with Crippen molar-refractivity contribution in [2.75, 3.05) is 13.2 Å². The van der Waals surface area contributed by atoms with Gasteiger partial charge in [-0.05, 0) is 31.9 Å². The minimum absolute atomic E-state index is 0.00187. The van der Waals surface area contributed by atoms with Gasteiger partial charge in [-0.2, -0.15) is 0 Å². The molecule has 0 aliphatic heterocycles. The molecule has 0 aliphatic rings. The third kappa shape index (κ3) is 4.56. The highest BCUT2D eigenvalue weighted by Gasteiger charge is 2.19. The molecule has 0 aromatic heterocycles. The zero-order chi connectivity index (χ0) is 14.4. The third-order valence-corrected chi connectivity index (χ3v) is 3.02. The molecule has 4 heteroatoms. The van der Waals surface area contributed by atoms with Crippen molar-refractivity contribution in [2.45, 2.75) is 33.7 Å². The molecule has 19 heavy (non-hydrogen) atoms. The summed E-state index contributed by atoms with van der Waals surface area (Å²) < 4.78 is 5.37. The highest BCUT2D eigenvalue weighted by atomic mass is 16.5. The molecule has 0 radical (unpaired) electrons. The smallest absolute Gasteiger partial charge is 0.255 e. The van der Waals surface area contributed by atoms with Crippen molar-refractivity contribution in [1.29, 1.82) is 0 Å². The SMILES string of the molecule is CCOCC(NC(=O)c1cc(C)ccc1O)C(C)C. The van der Waals surface area contributed by atoms with Crippen molar-refractivity contribution in [2.24, 2.45) is 5.92 Å². The largest absolute Gasteiger partial charge is 0.507 e. The molecular weight excluding hydrogens is 242 g/mol. The molecule has 1 amide bonds. The van der Waals surface area contributed by atoms with Crippen LogP contribution in [0.3, 0.4) is 0 Å². The van der Waals surface area contributed by atoms with Gasteiger partial charge in [0.05, 0.1) is 18.2 Å². The Labute approximate surface area is 114 Å². The molecule has 0 fully saturated rings. The highest BCUT2D eigenvalue weighted by Crippen LogP contribution is 2.18. The molecule has 0 saturated carbocycles. The maximum absolute atomic E-state index is 12.2. The normalized spacial score (nSPS) is 12.5. The number of rotatable bonds is 6. The van der Waals surface area contributed by atoms with Crippen LogP contribution >= 0.6 is 0 Å². The lowest BCUT2D eigenvalue weighted by atomic mass is 10.0. The number of aromatic hydroxyl groups is 1. The number of phenolic OH excluding ortho intramolecular Hbond substituents is 1. The van der Waals surface area contributed by atoms with E-state index in [0.717, 1.165) is 5.56 Å². The van der Waals surface area contributed by atoms with E-state index in [0.29, 0.717) is 18.8 Å². The average Bonchev–Trinajstić information content (AvgIpc) is 2.36. The van der Waals surface area contributed by atoms with Crippen LogP contribution in [0.5, 0.6) is 5.75 Å². The fourth-order valence-electron chi connectivity index (χ4n) is 1.72. The Morgan fingerprint density at radius 3 is 2.68 bits per heavy atom. The second-order valence-electron chi connectivity index (χ2n) is 5.00. The van der Waals surface area contributed by atoms with Gasteiger partial charge < -0.3 is 15.2 Å². The number of hydrogen-bond acceptors (Lipinski definition) is 3. The lowest BCUT2D eigenvalue weighted by molar-refractivity contribution is 0.0804. The van der Waals surface area contributed by atoms with Gasteiger partial charge in [0.25, 0.3) is 5.91 Å². The van der Waals surface area contributed by atoms with Gasteiger partial charge in [0.2, 0.25) is 0 Å². The maximum Gasteiger partial charge on any atom is 0.255 e. The third-order valence-electron chi connectivity index (χ3n) is 3.02. The van der Waals surface area contributed by atoms with Gasteiger partial charge in [0.15, 0.2) is 0 Å². The van der Waals surface area contributed by atoms with Crippen LogP contribution in [0.2, 0.25) is 0 Å². The fraction of sp³-hybridized carbons (Fsp3) is 0.533. The molecule has 1 aromatic carbocycles. The zero-order valence-corrected chi connectivity index (χ0v) is 12.1. The summed E-state index contributed by atoms with van der Waals surface area (Å²) in [5, 5.41) is 12.7. The number of amides is 1. The summed E-state index contributed by atoms with van der Waals surface area (Å²) in [6.45, 7) is 8.96. The van der Waals surface area contributed by atoms with Crippen LogP contribution in [0, 0.1) is 12.8 Å². The molecule has 0 spiro atoms. The van der Waals surface area contributed by atoms with E-state index in [1.54, 1.807) is 12.1 Å². The molecule has 4 nitrogen and oxygen atoms in total. The summed E-state index contributed by atoms with van der Waals surface area (Å²) in [7, 11) is 0. The second kappa shape index (κ2) is 7.14. The van der Waals surface area contributed by atoms with E-state index in [1.807, 2.05) is 27.7 Å². The van der Waals surface area contributed by atoms with E-state index >= 15 is 0 Å². The molecule has 0 aliphatic carbocycles. The lowest BCUT2D eigenvalue weighted by Gasteiger charge is -2.22. The van der Waals surface area contributed by atoms with Crippen molar-refractivity contribution < 1.29 is 14.6 Å². The Kier molecular flexibility index (Phi) is 5.83. The van der Waals surface area contributed by atoms with E-state index in [4.69, 9.17) is 4.74 Å². The van der Waals surface area contributed by atoms with Crippen molar-refractivity contribution in [3.63, 3.8) is 0 Å². The van der Waals surface area contributed by atoms with Gasteiger partial charge in [-0.15, -0.1) is 0 Å². The molecule has 1 aromatic rings. The second-order valence-corrected chi connectivity index (χ2v) is 5.00. The molecular formula is C15H23NO3. The molecule has 1 rings (SSSR count). The van der Waals surface area contributed by atoms with E-state index in [2.05, 4.69) is 5.32 Å². The standard InChI is InChI=1S/C15H23NO3/c1-5-19-9-13(10(2)3)16-15(18)12-8-11(4)6-7-14(12)17/h6-8,10,13,17H,5,9H2,1-4H3,(H,16,18). The van der Waals surface area contributed by atoms with Crippen molar-refractivity contribution in [3.05, 3.63) is 29.3 Å². The summed E-state index contributed by atoms with van der Waals surface area (Å²) in [6.07, 6.45) is 0. The van der Waals surface area contributed by atoms with Gasteiger partial charge in [0, 0.05) is 6.61 Å². The van der Waals surface area contributed by atoms with E-state index in [1.165, 1.54) is 6.07 Å². The number of aryl methyl sites for hydroxylation is 1. The molecule has 1 atom stereocenters. The monoisotopic (exact) mass is 265 g/mol. The summed E-state index contributed by atoms with van der Waals surface area (Å²) in [5.41, 5.74) is 1.25. The van der Waals surface area contributed by atoms with Gasteiger partial charge in [-0.1, -0.05) is 25.5 Å². The Morgan fingerprint density at radius 1 is 1.42 bits per heavy atom. The number of nitrogens with one attached hydrogen (secondary N) is 1. The Balaban J connectivity index is 2.78. The maximum atomic E-state index is 12.2. The first-order valence-electron chi connectivity index (χ1n) is 6.64. The molecule has 0 heterocycles. The van der Waals surface area contributed by atoms with Crippen LogP contribution in [0.25, 0.3) is 0 Å². The minimum atomic E-state index is -0.264. The summed E-state index contributed by atoms with van der Waals surface area (Å²) in [5.74, 6) is 0.00377. The predicted molar refractivity (Wildman–Crippen MR) is 75.4 cm³/mol. The predicted octanol–water partition coefficient (Wildman–Crippen LogP) is 2.49. The number of carbonyl (C=O) groups is 1. The zero-order valence-electron chi connectivity index (χ0n) is 12.1. The highest BCUT2D eigenvalue weighted by molar-refractivity contribution is 5.97. The van der Waals surface area contributed by atoms with Crippen molar-refractivity contribution in [3.8, 4) is 5.75 Å². The molecule has 1 unspecified atom stereocenters. The number of ether oxygens (including phenoxy) is 1. The first-order chi connectivity index (χ1) is 8.95. The first kappa shape index (κ1) is 15.5. The number of benzene rings is 1. The van der Waals surface area contributed by atoms with Gasteiger partial charge in [-0.3, -0.25) is 4.79 Å². The number of carbonyl (C=O) groups excluding carboxylic acids is 1. The fourth-order valence-corrected chi connectivity index (χ4v) is 1.72. The Hall–Kier alpha value is -1.55. The lowest BCUT2D eigenvalue weighted by Crippen LogP contribution is -2.41.